The number of nitrogens with zero attached hydrogens (tertiary/aromatic N) is 1. The molecule has 0 spiro atoms. The minimum absolute atomic E-state index is 0.0866. The molecular formula is C16H20N2O. The molecule has 19 heavy (non-hydrogen) atoms. The molecule has 1 heterocycles. The van der Waals surface area contributed by atoms with Crippen LogP contribution in [-0.4, -0.2) is 19.1 Å². The molecule has 3 heteroatoms. The number of hydrogen-bond donors (Lipinski definition) is 1. The minimum Gasteiger partial charge on any atom is -0.496 e. The lowest BCUT2D eigenvalue weighted by atomic mass is 9.95. The first-order valence-corrected chi connectivity index (χ1v) is 6.40. The molecule has 0 aliphatic rings. The van der Waals surface area contributed by atoms with Crippen LogP contribution >= 0.6 is 0 Å². The number of ether oxygens (including phenoxy) is 1. The predicted octanol–water partition coefficient (Wildman–Crippen LogP) is 3.02. The summed E-state index contributed by atoms with van der Waals surface area (Å²) in [7, 11) is 3.66. The number of aromatic nitrogens is 1. The van der Waals surface area contributed by atoms with Gasteiger partial charge in [-0.15, -0.1) is 0 Å². The van der Waals surface area contributed by atoms with Crippen molar-refractivity contribution in [3.63, 3.8) is 0 Å². The average Bonchev–Trinajstić information content (AvgIpc) is 2.42. The van der Waals surface area contributed by atoms with E-state index in [9.17, 15) is 0 Å². The Hall–Kier alpha value is -1.87. The molecule has 0 aliphatic heterocycles. The predicted molar refractivity (Wildman–Crippen MR) is 77.6 cm³/mol. The molecule has 0 bridgehead atoms. The van der Waals surface area contributed by atoms with Crippen LogP contribution in [-0.2, 0) is 0 Å². The van der Waals surface area contributed by atoms with E-state index in [1.165, 1.54) is 11.1 Å². The van der Waals surface area contributed by atoms with Gasteiger partial charge in [0.05, 0.1) is 13.2 Å². The van der Waals surface area contributed by atoms with E-state index in [0.717, 1.165) is 17.0 Å². The Balaban J connectivity index is 2.54. The summed E-state index contributed by atoms with van der Waals surface area (Å²) in [5.74, 6) is 0.896. The SMILES string of the molecule is CNC(c1cc(C)ccc1OC)c1cccnc1C. The highest BCUT2D eigenvalue weighted by atomic mass is 16.5. The van der Waals surface area contributed by atoms with E-state index in [1.54, 1.807) is 7.11 Å². The van der Waals surface area contributed by atoms with Gasteiger partial charge in [-0.05, 0) is 38.6 Å². The van der Waals surface area contributed by atoms with Gasteiger partial charge in [-0.25, -0.2) is 0 Å². The van der Waals surface area contributed by atoms with Crippen LogP contribution in [0.25, 0.3) is 0 Å². The standard InChI is InChI=1S/C16H20N2O/c1-11-7-8-15(19-4)14(10-11)16(17-3)13-6-5-9-18-12(13)2/h5-10,16-17H,1-4H3. The first kappa shape index (κ1) is 13.6. The Kier molecular flexibility index (Phi) is 4.17. The summed E-state index contributed by atoms with van der Waals surface area (Å²) in [6, 6.07) is 10.4. The monoisotopic (exact) mass is 256 g/mol. The summed E-state index contributed by atoms with van der Waals surface area (Å²) < 4.78 is 5.48. The number of hydrogen-bond acceptors (Lipinski definition) is 3. The van der Waals surface area contributed by atoms with Gasteiger partial charge in [-0.3, -0.25) is 4.98 Å². The highest BCUT2D eigenvalue weighted by molar-refractivity contribution is 5.44. The van der Waals surface area contributed by atoms with E-state index in [-0.39, 0.29) is 6.04 Å². The van der Waals surface area contributed by atoms with Crippen molar-refractivity contribution in [2.24, 2.45) is 0 Å². The molecule has 0 saturated heterocycles. The molecule has 0 aliphatic carbocycles. The van der Waals surface area contributed by atoms with Crippen molar-refractivity contribution in [3.05, 3.63) is 58.9 Å². The molecule has 3 nitrogen and oxygen atoms in total. The van der Waals surface area contributed by atoms with Gasteiger partial charge in [0.15, 0.2) is 0 Å². The van der Waals surface area contributed by atoms with Crippen molar-refractivity contribution >= 4 is 0 Å². The summed E-state index contributed by atoms with van der Waals surface area (Å²) in [6.07, 6.45) is 1.82. The molecule has 100 valence electrons. The number of aryl methyl sites for hydroxylation is 2. The average molecular weight is 256 g/mol. The fourth-order valence-electron chi connectivity index (χ4n) is 2.36. The first-order valence-electron chi connectivity index (χ1n) is 6.40. The third kappa shape index (κ3) is 2.76. The fourth-order valence-corrected chi connectivity index (χ4v) is 2.36. The Bertz CT molecular complexity index is 566. The molecule has 1 unspecified atom stereocenters. The van der Waals surface area contributed by atoms with E-state index >= 15 is 0 Å². The lowest BCUT2D eigenvalue weighted by Crippen LogP contribution is -2.20. The van der Waals surface area contributed by atoms with Crippen LogP contribution < -0.4 is 10.1 Å². The second-order valence-corrected chi connectivity index (χ2v) is 4.65. The molecule has 0 amide bonds. The number of pyridine rings is 1. The Morgan fingerprint density at radius 2 is 1.95 bits per heavy atom. The molecule has 1 N–H and O–H groups in total. The van der Waals surface area contributed by atoms with Gasteiger partial charge in [-0.2, -0.15) is 0 Å². The fraction of sp³-hybridized carbons (Fsp3) is 0.312. The lowest BCUT2D eigenvalue weighted by molar-refractivity contribution is 0.405. The second-order valence-electron chi connectivity index (χ2n) is 4.65. The molecule has 0 saturated carbocycles. The zero-order chi connectivity index (χ0) is 13.8. The normalized spacial score (nSPS) is 12.2. The molecular weight excluding hydrogens is 236 g/mol. The summed E-state index contributed by atoms with van der Waals surface area (Å²) in [6.45, 7) is 4.12. The van der Waals surface area contributed by atoms with E-state index in [4.69, 9.17) is 4.74 Å². The minimum atomic E-state index is 0.0866. The van der Waals surface area contributed by atoms with Crippen LogP contribution in [0.4, 0.5) is 0 Å². The highest BCUT2D eigenvalue weighted by Gasteiger charge is 2.18. The number of benzene rings is 1. The molecule has 2 aromatic rings. The Morgan fingerprint density at radius 1 is 1.16 bits per heavy atom. The number of methoxy groups -OCH3 is 1. The third-order valence-electron chi connectivity index (χ3n) is 3.34. The van der Waals surface area contributed by atoms with Gasteiger partial charge >= 0.3 is 0 Å². The van der Waals surface area contributed by atoms with Gasteiger partial charge in [0.25, 0.3) is 0 Å². The summed E-state index contributed by atoms with van der Waals surface area (Å²) in [5, 5.41) is 3.36. The third-order valence-corrected chi connectivity index (χ3v) is 3.34. The highest BCUT2D eigenvalue weighted by Crippen LogP contribution is 2.31. The molecule has 0 fully saturated rings. The summed E-state index contributed by atoms with van der Waals surface area (Å²) in [4.78, 5) is 4.37. The van der Waals surface area contributed by atoms with Crippen LogP contribution in [0, 0.1) is 13.8 Å². The van der Waals surface area contributed by atoms with Gasteiger partial charge in [0.2, 0.25) is 0 Å². The van der Waals surface area contributed by atoms with Crippen LogP contribution in [0.2, 0.25) is 0 Å². The van der Waals surface area contributed by atoms with Crippen LogP contribution in [0.3, 0.4) is 0 Å². The van der Waals surface area contributed by atoms with E-state index < -0.39 is 0 Å². The van der Waals surface area contributed by atoms with Crippen molar-refractivity contribution in [1.82, 2.24) is 10.3 Å². The van der Waals surface area contributed by atoms with Crippen molar-refractivity contribution in [2.45, 2.75) is 19.9 Å². The van der Waals surface area contributed by atoms with Crippen molar-refractivity contribution in [1.29, 1.82) is 0 Å². The van der Waals surface area contributed by atoms with Crippen LogP contribution in [0.15, 0.2) is 36.5 Å². The molecule has 0 radical (unpaired) electrons. The zero-order valence-corrected chi connectivity index (χ0v) is 11.9. The quantitative estimate of drug-likeness (QED) is 0.913. The maximum absolute atomic E-state index is 5.48. The van der Waals surface area contributed by atoms with Gasteiger partial charge < -0.3 is 10.1 Å². The van der Waals surface area contributed by atoms with Gasteiger partial charge in [-0.1, -0.05) is 23.8 Å². The number of rotatable bonds is 4. The smallest absolute Gasteiger partial charge is 0.124 e. The number of nitrogens with one attached hydrogen (secondary N) is 1. The Morgan fingerprint density at radius 3 is 2.58 bits per heavy atom. The van der Waals surface area contributed by atoms with Crippen molar-refractivity contribution in [2.75, 3.05) is 14.2 Å². The topological polar surface area (TPSA) is 34.1 Å². The molecule has 1 aromatic carbocycles. The van der Waals surface area contributed by atoms with E-state index in [2.05, 4.69) is 35.4 Å². The lowest BCUT2D eigenvalue weighted by Gasteiger charge is -2.21. The zero-order valence-electron chi connectivity index (χ0n) is 11.9. The second kappa shape index (κ2) is 5.85. The molecule has 1 atom stereocenters. The first-order chi connectivity index (χ1) is 9.17. The van der Waals surface area contributed by atoms with Gasteiger partial charge in [0.1, 0.15) is 5.75 Å². The maximum Gasteiger partial charge on any atom is 0.124 e. The van der Waals surface area contributed by atoms with E-state index in [0.29, 0.717) is 0 Å². The maximum atomic E-state index is 5.48. The largest absolute Gasteiger partial charge is 0.496 e. The van der Waals surface area contributed by atoms with Crippen molar-refractivity contribution < 1.29 is 4.74 Å². The van der Waals surface area contributed by atoms with E-state index in [1.807, 2.05) is 32.3 Å². The summed E-state index contributed by atoms with van der Waals surface area (Å²) >= 11 is 0. The van der Waals surface area contributed by atoms with Crippen LogP contribution in [0.5, 0.6) is 5.75 Å². The van der Waals surface area contributed by atoms with Crippen molar-refractivity contribution in [3.8, 4) is 5.75 Å². The summed E-state index contributed by atoms with van der Waals surface area (Å²) in [5.41, 5.74) is 4.57. The van der Waals surface area contributed by atoms with Crippen LogP contribution in [0.1, 0.15) is 28.4 Å². The molecule has 2 rings (SSSR count). The molecule has 1 aromatic heterocycles. The van der Waals surface area contributed by atoms with Gasteiger partial charge in [0, 0.05) is 17.5 Å². The Labute approximate surface area is 114 Å².